The Morgan fingerprint density at radius 2 is 1.74 bits per heavy atom. The normalized spacial score (nSPS) is 15.1. The molecule has 0 spiro atoms. The summed E-state index contributed by atoms with van der Waals surface area (Å²) < 4.78 is 16.0. The standard InChI is InChI=1S/C23H20Cl2FN3O2/c24-18-5-3-6-19(25)23(18)29-14-15(8-9-21(29)30)22(17-4-1-2-7-20(17)26)28-31-16-10-12-27-13-11-16/h1-9,14,16,27H,10-13H2/b28-22-. The van der Waals surface area contributed by atoms with Crippen molar-refractivity contribution >= 4 is 28.9 Å². The van der Waals surface area contributed by atoms with Crippen LogP contribution < -0.4 is 10.9 Å². The molecule has 1 saturated heterocycles. The summed E-state index contributed by atoms with van der Waals surface area (Å²) >= 11 is 12.6. The molecule has 0 unspecified atom stereocenters. The average molecular weight is 460 g/mol. The third-order valence-corrected chi connectivity index (χ3v) is 5.68. The number of hydrogen-bond donors (Lipinski definition) is 1. The second-order valence-electron chi connectivity index (χ2n) is 7.17. The van der Waals surface area contributed by atoms with E-state index in [2.05, 4.69) is 10.5 Å². The topological polar surface area (TPSA) is 55.6 Å². The third-order valence-electron chi connectivity index (χ3n) is 5.07. The summed E-state index contributed by atoms with van der Waals surface area (Å²) in [6.07, 6.45) is 3.10. The second kappa shape index (κ2) is 9.64. The van der Waals surface area contributed by atoms with Gasteiger partial charge >= 0.3 is 0 Å². The van der Waals surface area contributed by atoms with Crippen LogP contribution >= 0.6 is 23.2 Å². The van der Waals surface area contributed by atoms with Crippen molar-refractivity contribution in [1.82, 2.24) is 9.88 Å². The first kappa shape index (κ1) is 21.6. The van der Waals surface area contributed by atoms with Crippen molar-refractivity contribution in [1.29, 1.82) is 0 Å². The molecular formula is C23H20Cl2FN3O2. The summed E-state index contributed by atoms with van der Waals surface area (Å²) in [6.45, 7) is 1.68. The van der Waals surface area contributed by atoms with Crippen LogP contribution in [0.25, 0.3) is 5.69 Å². The van der Waals surface area contributed by atoms with Gasteiger partial charge in [-0.3, -0.25) is 9.36 Å². The number of benzene rings is 2. The largest absolute Gasteiger partial charge is 0.392 e. The monoisotopic (exact) mass is 459 g/mol. The van der Waals surface area contributed by atoms with Gasteiger partial charge in [0, 0.05) is 23.4 Å². The Hall–Kier alpha value is -2.67. The molecule has 5 nitrogen and oxygen atoms in total. The molecule has 31 heavy (non-hydrogen) atoms. The van der Waals surface area contributed by atoms with Crippen LogP contribution in [0.1, 0.15) is 24.0 Å². The first-order chi connectivity index (χ1) is 15.0. The number of hydrogen-bond acceptors (Lipinski definition) is 4. The minimum absolute atomic E-state index is 0.0630. The lowest BCUT2D eigenvalue weighted by molar-refractivity contribution is 0.0378. The minimum atomic E-state index is -0.441. The van der Waals surface area contributed by atoms with E-state index in [4.69, 9.17) is 28.0 Å². The van der Waals surface area contributed by atoms with Crippen LogP contribution in [0.3, 0.4) is 0 Å². The van der Waals surface area contributed by atoms with Gasteiger partial charge in [0.25, 0.3) is 5.56 Å². The van der Waals surface area contributed by atoms with Crippen molar-refractivity contribution in [3.63, 3.8) is 0 Å². The number of oxime groups is 1. The lowest BCUT2D eigenvalue weighted by Crippen LogP contribution is -2.31. The Balaban J connectivity index is 1.82. The average Bonchev–Trinajstić information content (AvgIpc) is 2.77. The number of para-hydroxylation sites is 1. The Kier molecular flexibility index (Phi) is 6.70. The van der Waals surface area contributed by atoms with Gasteiger partial charge in [0.15, 0.2) is 0 Å². The fraction of sp³-hybridized carbons (Fsp3) is 0.217. The summed E-state index contributed by atoms with van der Waals surface area (Å²) in [7, 11) is 0. The predicted octanol–water partition coefficient (Wildman–Crippen LogP) is 4.80. The van der Waals surface area contributed by atoms with Crippen molar-refractivity contribution in [2.45, 2.75) is 18.9 Å². The number of rotatable bonds is 5. The lowest BCUT2D eigenvalue weighted by atomic mass is 10.0. The Morgan fingerprint density at radius 3 is 2.45 bits per heavy atom. The molecule has 0 radical (unpaired) electrons. The maximum absolute atomic E-state index is 14.7. The molecule has 8 heteroatoms. The first-order valence-corrected chi connectivity index (χ1v) is 10.7. The van der Waals surface area contributed by atoms with Gasteiger partial charge in [-0.25, -0.2) is 4.39 Å². The molecule has 1 aliphatic rings. The Bertz CT molecular complexity index is 1150. The van der Waals surface area contributed by atoms with E-state index in [9.17, 15) is 9.18 Å². The van der Waals surface area contributed by atoms with Gasteiger partial charge < -0.3 is 10.2 Å². The van der Waals surface area contributed by atoms with Crippen LogP contribution in [-0.2, 0) is 4.84 Å². The molecule has 160 valence electrons. The maximum atomic E-state index is 14.7. The van der Waals surface area contributed by atoms with Gasteiger partial charge in [0.1, 0.15) is 17.6 Å². The van der Waals surface area contributed by atoms with Crippen LogP contribution in [0, 0.1) is 5.82 Å². The van der Waals surface area contributed by atoms with Crippen LogP contribution in [0.5, 0.6) is 0 Å². The Labute approximate surface area is 189 Å². The number of piperidine rings is 1. The van der Waals surface area contributed by atoms with E-state index in [1.807, 2.05) is 0 Å². The van der Waals surface area contributed by atoms with E-state index in [0.29, 0.717) is 21.3 Å². The van der Waals surface area contributed by atoms with Gasteiger partial charge in [-0.05, 0) is 56.3 Å². The zero-order valence-electron chi connectivity index (χ0n) is 16.5. The summed E-state index contributed by atoms with van der Waals surface area (Å²) in [4.78, 5) is 18.4. The van der Waals surface area contributed by atoms with E-state index in [-0.39, 0.29) is 22.9 Å². The highest BCUT2D eigenvalue weighted by Crippen LogP contribution is 2.28. The molecule has 0 saturated carbocycles. The quantitative estimate of drug-likeness (QED) is 0.440. The number of pyridine rings is 1. The van der Waals surface area contributed by atoms with Crippen molar-refractivity contribution in [3.05, 3.63) is 98.1 Å². The van der Waals surface area contributed by atoms with E-state index in [1.165, 1.54) is 16.7 Å². The molecule has 2 heterocycles. The predicted molar refractivity (Wildman–Crippen MR) is 121 cm³/mol. The lowest BCUT2D eigenvalue weighted by Gasteiger charge is -2.21. The fourth-order valence-corrected chi connectivity index (χ4v) is 4.04. The minimum Gasteiger partial charge on any atom is -0.392 e. The molecule has 1 aromatic heterocycles. The molecule has 4 rings (SSSR count). The van der Waals surface area contributed by atoms with Crippen molar-refractivity contribution < 1.29 is 9.23 Å². The van der Waals surface area contributed by atoms with Crippen LogP contribution in [-0.4, -0.2) is 29.5 Å². The molecule has 1 fully saturated rings. The van der Waals surface area contributed by atoms with E-state index in [1.54, 1.807) is 48.7 Å². The fourth-order valence-electron chi connectivity index (χ4n) is 3.46. The molecule has 0 atom stereocenters. The van der Waals surface area contributed by atoms with Gasteiger partial charge in [-0.1, -0.05) is 46.6 Å². The summed E-state index contributed by atoms with van der Waals surface area (Å²) in [6, 6.07) is 14.3. The zero-order chi connectivity index (χ0) is 21.8. The molecule has 0 bridgehead atoms. The number of nitrogens with zero attached hydrogens (tertiary/aromatic N) is 2. The van der Waals surface area contributed by atoms with Crippen LogP contribution in [0.2, 0.25) is 10.0 Å². The van der Waals surface area contributed by atoms with Gasteiger partial charge in [-0.15, -0.1) is 0 Å². The first-order valence-electron chi connectivity index (χ1n) is 9.91. The molecule has 1 N–H and O–H groups in total. The van der Waals surface area contributed by atoms with Crippen molar-refractivity contribution in [2.75, 3.05) is 13.1 Å². The Morgan fingerprint density at radius 1 is 1.03 bits per heavy atom. The summed E-state index contributed by atoms with van der Waals surface area (Å²) in [5.74, 6) is -0.441. The second-order valence-corrected chi connectivity index (χ2v) is 7.99. The van der Waals surface area contributed by atoms with E-state index >= 15 is 0 Å². The SMILES string of the molecule is O=c1ccc(/C(=N/OC2CCNCC2)c2ccccc2F)cn1-c1c(Cl)cccc1Cl. The molecule has 0 aliphatic carbocycles. The molecule has 1 aliphatic heterocycles. The number of aromatic nitrogens is 1. The third kappa shape index (κ3) is 4.82. The summed E-state index contributed by atoms with van der Waals surface area (Å²) in [5, 5.41) is 8.23. The van der Waals surface area contributed by atoms with Crippen LogP contribution in [0.15, 0.2) is 70.7 Å². The van der Waals surface area contributed by atoms with E-state index in [0.717, 1.165) is 25.9 Å². The van der Waals surface area contributed by atoms with Crippen LogP contribution in [0.4, 0.5) is 4.39 Å². The number of nitrogens with one attached hydrogen (secondary N) is 1. The molecule has 3 aromatic rings. The highest BCUT2D eigenvalue weighted by molar-refractivity contribution is 6.37. The molecule has 0 amide bonds. The summed E-state index contributed by atoms with van der Waals surface area (Å²) in [5.41, 5.74) is 1.07. The molecular weight excluding hydrogens is 440 g/mol. The van der Waals surface area contributed by atoms with Crippen molar-refractivity contribution in [3.8, 4) is 5.69 Å². The van der Waals surface area contributed by atoms with Gasteiger partial charge in [-0.2, -0.15) is 0 Å². The maximum Gasteiger partial charge on any atom is 0.255 e. The van der Waals surface area contributed by atoms with Crippen molar-refractivity contribution in [2.24, 2.45) is 5.16 Å². The van der Waals surface area contributed by atoms with E-state index < -0.39 is 5.82 Å². The highest BCUT2D eigenvalue weighted by Gasteiger charge is 2.19. The zero-order valence-corrected chi connectivity index (χ0v) is 18.0. The van der Waals surface area contributed by atoms with Gasteiger partial charge in [0.2, 0.25) is 0 Å². The number of halogens is 3. The smallest absolute Gasteiger partial charge is 0.255 e. The van der Waals surface area contributed by atoms with Gasteiger partial charge in [0.05, 0.1) is 15.7 Å². The highest BCUT2D eigenvalue weighted by atomic mass is 35.5. The molecule has 2 aromatic carbocycles.